The predicted molar refractivity (Wildman–Crippen MR) is 79.1 cm³/mol. The molecule has 0 spiro atoms. The average molecular weight is 279 g/mol. The predicted octanol–water partition coefficient (Wildman–Crippen LogP) is 1.75. The monoisotopic (exact) mass is 279 g/mol. The summed E-state index contributed by atoms with van der Waals surface area (Å²) in [5.41, 5.74) is 1.19. The van der Waals surface area contributed by atoms with Crippen LogP contribution in [-0.2, 0) is 4.74 Å². The van der Waals surface area contributed by atoms with Gasteiger partial charge in [-0.2, -0.15) is 0 Å². The van der Waals surface area contributed by atoms with E-state index in [0.717, 1.165) is 18.3 Å². The Balaban J connectivity index is 1.46. The summed E-state index contributed by atoms with van der Waals surface area (Å²) >= 11 is 0. The Labute approximate surface area is 121 Å². The molecular weight excluding hydrogens is 254 g/mol. The third-order valence-corrected chi connectivity index (χ3v) is 3.28. The second kappa shape index (κ2) is 8.25. The van der Waals surface area contributed by atoms with Gasteiger partial charge in [-0.3, -0.25) is 0 Å². The largest absolute Gasteiger partial charge is 0.492 e. The minimum absolute atomic E-state index is 0.419. The van der Waals surface area contributed by atoms with Crippen LogP contribution in [0, 0.1) is 12.8 Å². The molecular formula is C16H25NO3. The SMILES string of the molecule is Cc1cccc(OCCNCC(O)COCC2CC2)c1. The Morgan fingerprint density at radius 2 is 2.25 bits per heavy atom. The molecule has 0 aliphatic heterocycles. The maximum atomic E-state index is 9.71. The first kappa shape index (κ1) is 15.3. The Bertz CT molecular complexity index is 393. The number of aliphatic hydroxyl groups is 1. The van der Waals surface area contributed by atoms with Crippen molar-refractivity contribution in [1.29, 1.82) is 0 Å². The van der Waals surface area contributed by atoms with E-state index in [0.29, 0.717) is 26.3 Å². The summed E-state index contributed by atoms with van der Waals surface area (Å²) < 4.78 is 11.1. The van der Waals surface area contributed by atoms with E-state index in [1.807, 2.05) is 31.2 Å². The van der Waals surface area contributed by atoms with Crippen molar-refractivity contribution in [2.75, 3.05) is 32.9 Å². The zero-order chi connectivity index (χ0) is 14.2. The third-order valence-electron chi connectivity index (χ3n) is 3.28. The number of nitrogens with one attached hydrogen (secondary N) is 1. The molecule has 2 rings (SSSR count). The average Bonchev–Trinajstić information content (AvgIpc) is 3.22. The fourth-order valence-corrected chi connectivity index (χ4v) is 1.93. The van der Waals surface area contributed by atoms with Crippen molar-refractivity contribution < 1.29 is 14.6 Å². The second-order valence-electron chi connectivity index (χ2n) is 5.50. The minimum Gasteiger partial charge on any atom is -0.492 e. The molecule has 0 bridgehead atoms. The van der Waals surface area contributed by atoms with Crippen LogP contribution >= 0.6 is 0 Å². The van der Waals surface area contributed by atoms with Crippen molar-refractivity contribution in [3.05, 3.63) is 29.8 Å². The van der Waals surface area contributed by atoms with Crippen LogP contribution in [0.15, 0.2) is 24.3 Å². The van der Waals surface area contributed by atoms with E-state index < -0.39 is 6.10 Å². The van der Waals surface area contributed by atoms with E-state index in [1.54, 1.807) is 0 Å². The Morgan fingerprint density at radius 3 is 3.00 bits per heavy atom. The summed E-state index contributed by atoms with van der Waals surface area (Å²) in [5.74, 6) is 1.64. The lowest BCUT2D eigenvalue weighted by atomic mass is 10.2. The van der Waals surface area contributed by atoms with Crippen molar-refractivity contribution >= 4 is 0 Å². The summed E-state index contributed by atoms with van der Waals surface area (Å²) in [5, 5.41) is 12.9. The van der Waals surface area contributed by atoms with Crippen LogP contribution in [0.2, 0.25) is 0 Å². The Hall–Kier alpha value is -1.10. The molecule has 4 nitrogen and oxygen atoms in total. The molecule has 1 fully saturated rings. The fraction of sp³-hybridized carbons (Fsp3) is 0.625. The highest BCUT2D eigenvalue weighted by Crippen LogP contribution is 2.28. The molecule has 20 heavy (non-hydrogen) atoms. The molecule has 4 heteroatoms. The first-order valence-corrected chi connectivity index (χ1v) is 7.40. The Morgan fingerprint density at radius 1 is 1.40 bits per heavy atom. The van der Waals surface area contributed by atoms with E-state index in [2.05, 4.69) is 5.32 Å². The van der Waals surface area contributed by atoms with Crippen molar-refractivity contribution in [3.63, 3.8) is 0 Å². The van der Waals surface area contributed by atoms with Gasteiger partial charge in [0.2, 0.25) is 0 Å². The maximum absolute atomic E-state index is 9.71. The van der Waals surface area contributed by atoms with Crippen molar-refractivity contribution in [1.82, 2.24) is 5.32 Å². The van der Waals surface area contributed by atoms with Gasteiger partial charge in [-0.25, -0.2) is 0 Å². The molecule has 1 aliphatic carbocycles. The van der Waals surface area contributed by atoms with Gasteiger partial charge in [-0.05, 0) is 43.4 Å². The molecule has 1 aliphatic rings. The number of hydrogen-bond donors (Lipinski definition) is 2. The molecule has 1 saturated carbocycles. The molecule has 0 radical (unpaired) electrons. The van der Waals surface area contributed by atoms with E-state index in [9.17, 15) is 5.11 Å². The van der Waals surface area contributed by atoms with Crippen LogP contribution < -0.4 is 10.1 Å². The molecule has 0 amide bonds. The van der Waals surface area contributed by atoms with Crippen LogP contribution in [0.4, 0.5) is 0 Å². The minimum atomic E-state index is -0.437. The summed E-state index contributed by atoms with van der Waals surface area (Å²) in [7, 11) is 0. The normalized spacial score (nSPS) is 16.1. The molecule has 112 valence electrons. The van der Waals surface area contributed by atoms with Gasteiger partial charge >= 0.3 is 0 Å². The lowest BCUT2D eigenvalue weighted by Crippen LogP contribution is -2.33. The van der Waals surface area contributed by atoms with Gasteiger partial charge in [-0.1, -0.05) is 12.1 Å². The molecule has 2 N–H and O–H groups in total. The van der Waals surface area contributed by atoms with Gasteiger partial charge in [0.05, 0.1) is 12.7 Å². The highest BCUT2D eigenvalue weighted by atomic mass is 16.5. The molecule has 0 saturated heterocycles. The summed E-state index contributed by atoms with van der Waals surface area (Å²) in [4.78, 5) is 0. The molecule has 1 aromatic rings. The first-order chi connectivity index (χ1) is 9.74. The number of ether oxygens (including phenoxy) is 2. The van der Waals surface area contributed by atoms with Crippen LogP contribution in [-0.4, -0.2) is 44.1 Å². The summed E-state index contributed by atoms with van der Waals surface area (Å²) in [6.45, 7) is 5.12. The third kappa shape index (κ3) is 6.37. The highest BCUT2D eigenvalue weighted by Gasteiger charge is 2.21. The molecule has 1 aromatic carbocycles. The van der Waals surface area contributed by atoms with E-state index in [-0.39, 0.29) is 0 Å². The standard InChI is InChI=1S/C16H25NO3/c1-13-3-2-4-16(9-13)20-8-7-17-10-15(18)12-19-11-14-5-6-14/h2-4,9,14-15,17-18H,5-8,10-12H2,1H3. The first-order valence-electron chi connectivity index (χ1n) is 7.40. The molecule has 0 aromatic heterocycles. The number of hydrogen-bond acceptors (Lipinski definition) is 4. The zero-order valence-electron chi connectivity index (χ0n) is 12.2. The van der Waals surface area contributed by atoms with E-state index in [1.165, 1.54) is 18.4 Å². The molecule has 0 heterocycles. The van der Waals surface area contributed by atoms with E-state index in [4.69, 9.17) is 9.47 Å². The lowest BCUT2D eigenvalue weighted by molar-refractivity contribution is 0.0323. The highest BCUT2D eigenvalue weighted by molar-refractivity contribution is 5.27. The Kier molecular flexibility index (Phi) is 6.30. The van der Waals surface area contributed by atoms with Gasteiger partial charge in [0, 0.05) is 19.7 Å². The summed E-state index contributed by atoms with van der Waals surface area (Å²) in [6.07, 6.45) is 2.13. The number of rotatable bonds is 10. The van der Waals surface area contributed by atoms with E-state index >= 15 is 0 Å². The van der Waals surface area contributed by atoms with Crippen LogP contribution in [0.5, 0.6) is 5.75 Å². The topological polar surface area (TPSA) is 50.7 Å². The summed E-state index contributed by atoms with van der Waals surface area (Å²) in [6, 6.07) is 8.00. The van der Waals surface area contributed by atoms with Gasteiger partial charge in [0.25, 0.3) is 0 Å². The molecule has 1 unspecified atom stereocenters. The number of benzene rings is 1. The van der Waals surface area contributed by atoms with Crippen molar-refractivity contribution in [2.24, 2.45) is 5.92 Å². The van der Waals surface area contributed by atoms with Crippen LogP contribution in [0.25, 0.3) is 0 Å². The van der Waals surface area contributed by atoms with Gasteiger partial charge in [0.15, 0.2) is 0 Å². The lowest BCUT2D eigenvalue weighted by Gasteiger charge is -2.12. The van der Waals surface area contributed by atoms with Gasteiger partial charge < -0.3 is 19.9 Å². The number of aryl methyl sites for hydroxylation is 1. The molecule has 1 atom stereocenters. The number of aliphatic hydroxyl groups excluding tert-OH is 1. The van der Waals surface area contributed by atoms with Gasteiger partial charge in [0.1, 0.15) is 12.4 Å². The quantitative estimate of drug-likeness (QED) is 0.641. The fourth-order valence-electron chi connectivity index (χ4n) is 1.93. The van der Waals surface area contributed by atoms with Crippen molar-refractivity contribution in [2.45, 2.75) is 25.9 Å². The van der Waals surface area contributed by atoms with Gasteiger partial charge in [-0.15, -0.1) is 0 Å². The van der Waals surface area contributed by atoms with Crippen LogP contribution in [0.3, 0.4) is 0 Å². The van der Waals surface area contributed by atoms with Crippen LogP contribution in [0.1, 0.15) is 18.4 Å². The second-order valence-corrected chi connectivity index (χ2v) is 5.50. The smallest absolute Gasteiger partial charge is 0.119 e. The maximum Gasteiger partial charge on any atom is 0.119 e. The zero-order valence-corrected chi connectivity index (χ0v) is 12.2. The van der Waals surface area contributed by atoms with Crippen molar-refractivity contribution in [3.8, 4) is 5.75 Å².